The van der Waals surface area contributed by atoms with E-state index in [-0.39, 0.29) is 24.2 Å². The van der Waals surface area contributed by atoms with Gasteiger partial charge in [-0.05, 0) is 37.8 Å². The highest BCUT2D eigenvalue weighted by Gasteiger charge is 2.29. The second-order valence-electron chi connectivity index (χ2n) is 11.5. The fraction of sp³-hybridized carbons (Fsp3) is 0.625. The monoisotopic (exact) mass is 652 g/mol. The summed E-state index contributed by atoms with van der Waals surface area (Å²) >= 11 is 0. The van der Waals surface area contributed by atoms with Crippen molar-refractivity contribution in [2.45, 2.75) is 50.9 Å². The summed E-state index contributed by atoms with van der Waals surface area (Å²) in [6.07, 6.45) is 2.40. The van der Waals surface area contributed by atoms with Gasteiger partial charge in [0.05, 0.1) is 12.3 Å². The Morgan fingerprint density at radius 1 is 0.636 bits per heavy atom. The number of nitrogens with one attached hydrogen (secondary N) is 2. The molecule has 44 heavy (non-hydrogen) atoms. The van der Waals surface area contributed by atoms with E-state index >= 15 is 0 Å². The number of nitrogens with zero attached hydrogens (tertiary/aromatic N) is 2. The standard InChI is InChI=1S/C32H54N4O6P2/c1-27-25-31(29-13-9-7-10-14-29)33-18-20-36(22-24-44(38,41-5)42-6)28(2)26-32(30-15-11-8-12-16-30)34-17-19-35(27)21-23-43(37,39-3)40-4/h7-16,27-28,31-34H,17-26H2,1-6H3/t27-,28+,31?,32?. The number of hydrogen-bond donors (Lipinski definition) is 2. The molecule has 1 fully saturated rings. The van der Waals surface area contributed by atoms with Crippen molar-refractivity contribution in [3.8, 4) is 0 Å². The van der Waals surface area contributed by atoms with Crippen LogP contribution in [0.25, 0.3) is 0 Å². The Labute approximate surface area is 265 Å². The Balaban J connectivity index is 1.89. The molecule has 2 aromatic rings. The average molecular weight is 653 g/mol. The van der Waals surface area contributed by atoms with Gasteiger partial charge in [0.1, 0.15) is 0 Å². The minimum atomic E-state index is -3.14. The Bertz CT molecular complexity index is 1070. The van der Waals surface area contributed by atoms with Crippen molar-refractivity contribution in [3.05, 3.63) is 71.8 Å². The van der Waals surface area contributed by atoms with Crippen molar-refractivity contribution >= 4 is 15.2 Å². The first-order valence-electron chi connectivity index (χ1n) is 15.6. The van der Waals surface area contributed by atoms with E-state index < -0.39 is 15.2 Å². The summed E-state index contributed by atoms with van der Waals surface area (Å²) in [4.78, 5) is 4.79. The molecule has 0 radical (unpaired) electrons. The molecule has 10 nitrogen and oxygen atoms in total. The highest BCUT2D eigenvalue weighted by molar-refractivity contribution is 7.54. The molecule has 12 heteroatoms. The molecule has 2 N–H and O–H groups in total. The van der Waals surface area contributed by atoms with E-state index in [9.17, 15) is 9.13 Å². The van der Waals surface area contributed by atoms with Crippen molar-refractivity contribution in [3.63, 3.8) is 0 Å². The summed E-state index contributed by atoms with van der Waals surface area (Å²) in [6.45, 7) is 8.75. The Morgan fingerprint density at radius 3 is 1.30 bits per heavy atom. The van der Waals surface area contributed by atoms with Gasteiger partial charge in [0.25, 0.3) is 0 Å². The van der Waals surface area contributed by atoms with Crippen LogP contribution in [-0.2, 0) is 27.2 Å². The zero-order valence-electron chi connectivity index (χ0n) is 27.4. The summed E-state index contributed by atoms with van der Waals surface area (Å²) in [7, 11) is -0.480. The van der Waals surface area contributed by atoms with Crippen molar-refractivity contribution in [1.82, 2.24) is 20.4 Å². The molecule has 1 saturated heterocycles. The minimum absolute atomic E-state index is 0.125. The molecule has 0 aromatic heterocycles. The van der Waals surface area contributed by atoms with Crippen LogP contribution in [0.5, 0.6) is 0 Å². The van der Waals surface area contributed by atoms with Gasteiger partial charge >= 0.3 is 15.2 Å². The molecule has 0 saturated carbocycles. The molecule has 1 heterocycles. The summed E-state index contributed by atoms with van der Waals surface area (Å²) in [5.74, 6) is 0. The highest BCUT2D eigenvalue weighted by atomic mass is 31.2. The van der Waals surface area contributed by atoms with Crippen molar-refractivity contribution in [1.29, 1.82) is 0 Å². The van der Waals surface area contributed by atoms with Gasteiger partial charge in [-0.3, -0.25) is 18.9 Å². The van der Waals surface area contributed by atoms with Crippen LogP contribution >= 0.6 is 15.2 Å². The molecule has 0 spiro atoms. The second-order valence-corrected chi connectivity index (χ2v) is 16.3. The fourth-order valence-electron chi connectivity index (χ4n) is 5.91. The van der Waals surface area contributed by atoms with Gasteiger partial charge < -0.3 is 28.7 Å². The summed E-state index contributed by atoms with van der Waals surface area (Å²) in [5, 5.41) is 7.67. The molecule has 1 aliphatic heterocycles. The molecular formula is C32H54N4O6P2. The molecule has 2 aromatic carbocycles. The lowest BCUT2D eigenvalue weighted by molar-refractivity contribution is 0.164. The van der Waals surface area contributed by atoms with Crippen LogP contribution in [0.15, 0.2) is 60.7 Å². The van der Waals surface area contributed by atoms with E-state index in [1.807, 2.05) is 12.1 Å². The third-order valence-corrected chi connectivity index (χ3v) is 12.5. The Hall–Kier alpha value is -1.42. The third kappa shape index (κ3) is 11.4. The summed E-state index contributed by atoms with van der Waals surface area (Å²) in [6, 6.07) is 21.7. The molecule has 0 aliphatic carbocycles. The lowest BCUT2D eigenvalue weighted by Gasteiger charge is -2.36. The van der Waals surface area contributed by atoms with Crippen molar-refractivity contribution in [2.24, 2.45) is 0 Å². The van der Waals surface area contributed by atoms with E-state index in [4.69, 9.17) is 18.1 Å². The zero-order valence-corrected chi connectivity index (χ0v) is 29.2. The van der Waals surface area contributed by atoms with Gasteiger partial charge in [-0.1, -0.05) is 60.7 Å². The van der Waals surface area contributed by atoms with Gasteiger partial charge in [-0.15, -0.1) is 0 Å². The molecular weight excluding hydrogens is 598 g/mol. The maximum Gasteiger partial charge on any atom is 0.331 e. The number of hydrogen-bond acceptors (Lipinski definition) is 10. The Morgan fingerprint density at radius 2 is 0.977 bits per heavy atom. The van der Waals surface area contributed by atoms with Crippen LogP contribution in [0.4, 0.5) is 0 Å². The molecule has 4 atom stereocenters. The zero-order chi connectivity index (χ0) is 32.0. The lowest BCUT2D eigenvalue weighted by Crippen LogP contribution is -2.46. The van der Waals surface area contributed by atoms with E-state index in [0.29, 0.717) is 25.4 Å². The van der Waals surface area contributed by atoms with Crippen LogP contribution in [0, 0.1) is 0 Å². The summed E-state index contributed by atoms with van der Waals surface area (Å²) < 4.78 is 47.0. The van der Waals surface area contributed by atoms with Gasteiger partial charge in [-0.25, -0.2) is 0 Å². The molecule has 0 bridgehead atoms. The molecule has 248 valence electrons. The first-order chi connectivity index (χ1) is 21.2. The predicted octanol–water partition coefficient (Wildman–Crippen LogP) is 5.79. The maximum absolute atomic E-state index is 13.0. The first kappa shape index (κ1) is 37.0. The topological polar surface area (TPSA) is 102 Å². The largest absolute Gasteiger partial charge is 0.331 e. The summed E-state index contributed by atoms with van der Waals surface area (Å²) in [5.41, 5.74) is 2.46. The van der Waals surface area contributed by atoms with E-state index in [1.165, 1.54) is 39.6 Å². The van der Waals surface area contributed by atoms with Crippen LogP contribution < -0.4 is 10.6 Å². The van der Waals surface area contributed by atoms with E-state index in [2.05, 4.69) is 82.8 Å². The SMILES string of the molecule is COP(=O)(CCN1CCNC(c2ccccc2)C[C@H](C)N(CCP(=O)(OC)OC)CCNC(c2ccccc2)C[C@H]1C)OC. The molecule has 0 amide bonds. The second kappa shape index (κ2) is 18.7. The van der Waals surface area contributed by atoms with Gasteiger partial charge in [0, 0.05) is 91.9 Å². The molecule has 1 aliphatic rings. The van der Waals surface area contributed by atoms with Crippen LogP contribution in [0.2, 0.25) is 0 Å². The quantitative estimate of drug-likeness (QED) is 0.274. The normalized spacial score (nSPS) is 24.1. The number of rotatable bonds is 12. The van der Waals surface area contributed by atoms with Gasteiger partial charge in [0.2, 0.25) is 0 Å². The number of benzene rings is 2. The van der Waals surface area contributed by atoms with E-state index in [0.717, 1.165) is 39.0 Å². The fourth-order valence-corrected chi connectivity index (χ4v) is 7.94. The van der Waals surface area contributed by atoms with Crippen LogP contribution in [-0.4, -0.2) is 102 Å². The highest BCUT2D eigenvalue weighted by Crippen LogP contribution is 2.46. The first-order valence-corrected chi connectivity index (χ1v) is 19.1. The van der Waals surface area contributed by atoms with Gasteiger partial charge in [-0.2, -0.15) is 0 Å². The van der Waals surface area contributed by atoms with E-state index in [1.54, 1.807) is 0 Å². The lowest BCUT2D eigenvalue weighted by atomic mass is 9.97. The predicted molar refractivity (Wildman–Crippen MR) is 179 cm³/mol. The van der Waals surface area contributed by atoms with Crippen molar-refractivity contribution < 1.29 is 27.2 Å². The minimum Gasteiger partial charge on any atom is -0.312 e. The van der Waals surface area contributed by atoms with Gasteiger partial charge in [0.15, 0.2) is 0 Å². The van der Waals surface area contributed by atoms with Crippen molar-refractivity contribution in [2.75, 3.05) is 80.0 Å². The van der Waals surface area contributed by atoms with Crippen LogP contribution in [0.1, 0.15) is 49.9 Å². The maximum atomic E-state index is 13.0. The third-order valence-electron chi connectivity index (χ3n) is 8.82. The van der Waals surface area contributed by atoms with Crippen LogP contribution in [0.3, 0.4) is 0 Å². The Kier molecular flexibility index (Phi) is 15.7. The average Bonchev–Trinajstić information content (AvgIpc) is 3.06. The molecule has 3 rings (SSSR count). The smallest absolute Gasteiger partial charge is 0.312 e. The molecule has 2 unspecified atom stereocenters.